The molecule has 11 heteroatoms. The molecule has 0 bridgehead atoms. The van der Waals surface area contributed by atoms with E-state index in [-0.39, 0.29) is 23.0 Å². The van der Waals surface area contributed by atoms with Crippen LogP contribution in [0.4, 0.5) is 5.69 Å². The van der Waals surface area contributed by atoms with Gasteiger partial charge in [0.25, 0.3) is 10.0 Å². The van der Waals surface area contributed by atoms with Crippen LogP contribution in [0.3, 0.4) is 0 Å². The van der Waals surface area contributed by atoms with Gasteiger partial charge in [-0.25, -0.2) is 8.42 Å². The lowest BCUT2D eigenvalue weighted by Gasteiger charge is -2.33. The molecule has 0 saturated carbocycles. The Bertz CT molecular complexity index is 1460. The number of halogens is 2. The van der Waals surface area contributed by atoms with Gasteiger partial charge in [0.1, 0.15) is 18.3 Å². The van der Waals surface area contributed by atoms with Crippen LogP contribution < -0.4 is 14.4 Å². The molecule has 0 spiro atoms. The van der Waals surface area contributed by atoms with E-state index < -0.39 is 34.1 Å². The van der Waals surface area contributed by atoms with Crippen LogP contribution in [0.5, 0.6) is 5.75 Å². The van der Waals surface area contributed by atoms with Gasteiger partial charge in [0.05, 0.1) is 17.2 Å². The molecule has 0 aliphatic rings. The van der Waals surface area contributed by atoms with Crippen molar-refractivity contribution in [2.75, 3.05) is 17.5 Å². The van der Waals surface area contributed by atoms with Crippen molar-refractivity contribution in [2.45, 2.75) is 57.6 Å². The van der Waals surface area contributed by atoms with Gasteiger partial charge in [0, 0.05) is 21.6 Å². The van der Waals surface area contributed by atoms with Crippen LogP contribution in [0, 0.1) is 0 Å². The number of benzene rings is 3. The largest absolute Gasteiger partial charge is 0.494 e. The second kappa shape index (κ2) is 13.7. The smallest absolute Gasteiger partial charge is 0.264 e. The van der Waals surface area contributed by atoms with Gasteiger partial charge in [-0.05, 0) is 101 Å². The number of hydrogen-bond donors (Lipinski definition) is 1. The molecule has 0 radical (unpaired) electrons. The van der Waals surface area contributed by atoms with E-state index in [1.807, 2.05) is 27.7 Å². The minimum atomic E-state index is -4.18. The molecule has 3 aromatic rings. The Balaban J connectivity index is 2.04. The Morgan fingerprint density at radius 3 is 2.22 bits per heavy atom. The van der Waals surface area contributed by atoms with Crippen molar-refractivity contribution in [1.29, 1.82) is 0 Å². The summed E-state index contributed by atoms with van der Waals surface area (Å²) in [5, 5.41) is 3.39. The number of nitrogens with one attached hydrogen (secondary N) is 1. The maximum absolute atomic E-state index is 14.0. The molecule has 1 atom stereocenters. The van der Waals surface area contributed by atoms with Crippen LogP contribution in [0.25, 0.3) is 0 Å². The zero-order valence-electron chi connectivity index (χ0n) is 23.7. The summed E-state index contributed by atoms with van der Waals surface area (Å²) in [7, 11) is -4.18. The van der Waals surface area contributed by atoms with Gasteiger partial charge in [0.15, 0.2) is 0 Å². The molecule has 0 aromatic heterocycles. The summed E-state index contributed by atoms with van der Waals surface area (Å²) in [4.78, 5) is 28.6. The Hall–Kier alpha value is -3.08. The predicted octanol–water partition coefficient (Wildman–Crippen LogP) is 6.03. The highest BCUT2D eigenvalue weighted by atomic mass is 79.9. The lowest BCUT2D eigenvalue weighted by atomic mass is 10.1. The minimum absolute atomic E-state index is 0.0160. The third-order valence-electron chi connectivity index (χ3n) is 6.02. The number of hydrogen-bond acceptors (Lipinski definition) is 5. The van der Waals surface area contributed by atoms with Crippen LogP contribution in [0.1, 0.15) is 40.2 Å². The first-order chi connectivity index (χ1) is 19.2. The maximum atomic E-state index is 14.0. The minimum Gasteiger partial charge on any atom is -0.494 e. The number of rotatable bonds is 11. The summed E-state index contributed by atoms with van der Waals surface area (Å²) in [5.74, 6) is -0.356. The average Bonchev–Trinajstić information content (AvgIpc) is 2.90. The summed E-state index contributed by atoms with van der Waals surface area (Å²) in [6.45, 7) is 8.97. The topological polar surface area (TPSA) is 96.0 Å². The molecule has 220 valence electrons. The second-order valence-electron chi connectivity index (χ2n) is 10.5. The maximum Gasteiger partial charge on any atom is 0.264 e. The quantitative estimate of drug-likeness (QED) is 0.270. The molecule has 0 unspecified atom stereocenters. The van der Waals surface area contributed by atoms with Crippen LogP contribution in [0.2, 0.25) is 5.02 Å². The predicted molar refractivity (Wildman–Crippen MR) is 166 cm³/mol. The zero-order chi connectivity index (χ0) is 30.4. The summed E-state index contributed by atoms with van der Waals surface area (Å²) in [6.07, 6.45) is 0. The fourth-order valence-electron chi connectivity index (χ4n) is 4.03. The summed E-state index contributed by atoms with van der Waals surface area (Å²) in [6, 6.07) is 18.7. The van der Waals surface area contributed by atoms with E-state index in [2.05, 4.69) is 21.2 Å². The molecule has 0 aliphatic carbocycles. The lowest BCUT2D eigenvalue weighted by Crippen LogP contribution is -2.54. The van der Waals surface area contributed by atoms with Gasteiger partial charge in [-0.3, -0.25) is 13.9 Å². The van der Waals surface area contributed by atoms with Gasteiger partial charge in [-0.2, -0.15) is 0 Å². The van der Waals surface area contributed by atoms with E-state index >= 15 is 0 Å². The van der Waals surface area contributed by atoms with Crippen LogP contribution in [-0.2, 0) is 26.2 Å². The molecule has 2 amide bonds. The van der Waals surface area contributed by atoms with E-state index in [1.165, 1.54) is 17.0 Å². The van der Waals surface area contributed by atoms with Crippen molar-refractivity contribution < 1.29 is 22.7 Å². The van der Waals surface area contributed by atoms with Crippen molar-refractivity contribution in [1.82, 2.24) is 10.2 Å². The second-order valence-corrected chi connectivity index (χ2v) is 13.7. The average molecular weight is 665 g/mol. The third kappa shape index (κ3) is 8.95. The monoisotopic (exact) mass is 663 g/mol. The third-order valence-corrected chi connectivity index (χ3v) is 8.58. The number of sulfonamides is 1. The molecular formula is C30H35BrClN3O5S. The van der Waals surface area contributed by atoms with Crippen molar-refractivity contribution >= 4 is 55.1 Å². The van der Waals surface area contributed by atoms with Crippen LogP contribution >= 0.6 is 27.5 Å². The molecule has 3 rings (SSSR count). The summed E-state index contributed by atoms with van der Waals surface area (Å²) >= 11 is 9.52. The number of anilines is 1. The molecule has 8 nitrogen and oxygen atoms in total. The summed E-state index contributed by atoms with van der Waals surface area (Å²) < 4.78 is 35.1. The highest BCUT2D eigenvalue weighted by Gasteiger charge is 2.33. The van der Waals surface area contributed by atoms with Crippen molar-refractivity contribution in [3.63, 3.8) is 0 Å². The Morgan fingerprint density at radius 2 is 1.66 bits per heavy atom. The molecule has 1 N–H and O–H groups in total. The standard InChI is InChI=1S/C30H35BrClN3O5S/c1-6-40-26-14-12-25(13-15-26)35(41(38,39)27-16-10-23(31)11-17-27)20-28(36)34(19-22-8-7-9-24(32)18-22)21(2)29(37)33-30(3,4)5/h7-18,21H,6,19-20H2,1-5H3,(H,33,37)/t21-/m0/s1. The SMILES string of the molecule is CCOc1ccc(N(CC(=O)N(Cc2cccc(Cl)c2)[C@@H](C)C(=O)NC(C)(C)C)S(=O)(=O)c2ccc(Br)cc2)cc1. The normalized spacial score (nSPS) is 12.4. The number of carbonyl (C=O) groups excluding carboxylic acids is 2. The molecule has 41 heavy (non-hydrogen) atoms. The van der Waals surface area contributed by atoms with E-state index in [0.29, 0.717) is 27.4 Å². The van der Waals surface area contributed by atoms with Crippen LogP contribution in [0.15, 0.2) is 82.2 Å². The number of carbonyl (C=O) groups is 2. The van der Waals surface area contributed by atoms with Gasteiger partial charge in [-0.15, -0.1) is 0 Å². The van der Waals surface area contributed by atoms with E-state index in [9.17, 15) is 18.0 Å². The zero-order valence-corrected chi connectivity index (χ0v) is 26.9. The Labute approximate surface area is 255 Å². The van der Waals surface area contributed by atoms with E-state index in [1.54, 1.807) is 67.6 Å². The van der Waals surface area contributed by atoms with E-state index in [4.69, 9.17) is 16.3 Å². The van der Waals surface area contributed by atoms with Gasteiger partial charge in [-0.1, -0.05) is 39.7 Å². The molecular weight excluding hydrogens is 630 g/mol. The molecule has 0 saturated heterocycles. The first kappa shape index (κ1) is 32.4. The van der Waals surface area contributed by atoms with E-state index in [0.717, 1.165) is 4.31 Å². The van der Waals surface area contributed by atoms with Gasteiger partial charge < -0.3 is 15.0 Å². The first-order valence-corrected chi connectivity index (χ1v) is 15.7. The lowest BCUT2D eigenvalue weighted by molar-refractivity contribution is -0.140. The fourth-order valence-corrected chi connectivity index (χ4v) is 5.92. The number of ether oxygens (including phenoxy) is 1. The Morgan fingerprint density at radius 1 is 1.02 bits per heavy atom. The van der Waals surface area contributed by atoms with Crippen molar-refractivity contribution in [2.24, 2.45) is 0 Å². The molecule has 3 aromatic carbocycles. The highest BCUT2D eigenvalue weighted by molar-refractivity contribution is 9.10. The van der Waals surface area contributed by atoms with Crippen molar-refractivity contribution in [3.8, 4) is 5.75 Å². The van der Waals surface area contributed by atoms with Gasteiger partial charge in [0.2, 0.25) is 11.8 Å². The number of amides is 2. The summed E-state index contributed by atoms with van der Waals surface area (Å²) in [5.41, 5.74) is 0.443. The molecule has 0 aliphatic heterocycles. The highest BCUT2D eigenvalue weighted by Crippen LogP contribution is 2.27. The number of nitrogens with zero attached hydrogens (tertiary/aromatic N) is 2. The van der Waals surface area contributed by atoms with Crippen molar-refractivity contribution in [3.05, 3.63) is 87.9 Å². The van der Waals surface area contributed by atoms with Gasteiger partial charge >= 0.3 is 0 Å². The fraction of sp³-hybridized carbons (Fsp3) is 0.333. The molecule has 0 fully saturated rings. The molecule has 0 heterocycles. The first-order valence-electron chi connectivity index (χ1n) is 13.1. The Kier molecular flexibility index (Phi) is 10.9. The van der Waals surface area contributed by atoms with Crippen LogP contribution in [-0.4, -0.2) is 49.9 Å².